The van der Waals surface area contributed by atoms with Crippen LogP contribution in [0.5, 0.6) is 0 Å². The van der Waals surface area contributed by atoms with Gasteiger partial charge in [0.1, 0.15) is 6.04 Å². The zero-order chi connectivity index (χ0) is 15.2. The maximum Gasteiger partial charge on any atom is 0.275 e. The summed E-state index contributed by atoms with van der Waals surface area (Å²) in [7, 11) is 0. The molecule has 1 heterocycles. The highest BCUT2D eigenvalue weighted by Gasteiger charge is 2.23. The predicted octanol–water partition coefficient (Wildman–Crippen LogP) is 2.23. The van der Waals surface area contributed by atoms with Crippen molar-refractivity contribution in [3.05, 3.63) is 57.8 Å². The SMILES string of the molecule is CCCc1ccc([C@@H]([NH2+][C@@H](C)C(N)=O)c2cccs2)cc1. The molecule has 4 N–H and O–H groups in total. The highest BCUT2D eigenvalue weighted by molar-refractivity contribution is 7.10. The van der Waals surface area contributed by atoms with Crippen LogP contribution in [0.15, 0.2) is 41.8 Å². The van der Waals surface area contributed by atoms with Gasteiger partial charge in [-0.25, -0.2) is 0 Å². The van der Waals surface area contributed by atoms with Crippen LogP contribution in [0.3, 0.4) is 0 Å². The number of aryl methyl sites for hydroxylation is 1. The molecular weight excluding hydrogens is 280 g/mol. The molecule has 21 heavy (non-hydrogen) atoms. The second kappa shape index (κ2) is 7.38. The molecule has 1 aromatic heterocycles. The van der Waals surface area contributed by atoms with Crippen LogP contribution in [-0.2, 0) is 11.2 Å². The molecule has 3 nitrogen and oxygen atoms in total. The Labute approximate surface area is 130 Å². The van der Waals surface area contributed by atoms with Crippen LogP contribution in [0.2, 0.25) is 0 Å². The molecule has 0 radical (unpaired) electrons. The van der Waals surface area contributed by atoms with Crippen molar-refractivity contribution in [3.8, 4) is 0 Å². The number of primary amides is 1. The van der Waals surface area contributed by atoms with Crippen LogP contribution < -0.4 is 11.1 Å². The molecule has 4 heteroatoms. The van der Waals surface area contributed by atoms with Crippen LogP contribution in [0.25, 0.3) is 0 Å². The summed E-state index contributed by atoms with van der Waals surface area (Å²) in [5, 5.41) is 4.11. The van der Waals surface area contributed by atoms with Crippen molar-refractivity contribution in [1.82, 2.24) is 0 Å². The number of hydrogen-bond donors (Lipinski definition) is 2. The van der Waals surface area contributed by atoms with Crippen molar-refractivity contribution in [2.45, 2.75) is 38.8 Å². The first-order chi connectivity index (χ1) is 10.1. The van der Waals surface area contributed by atoms with Crippen molar-refractivity contribution < 1.29 is 10.1 Å². The molecule has 2 rings (SSSR count). The van der Waals surface area contributed by atoms with E-state index >= 15 is 0 Å². The number of carbonyl (C=O) groups excluding carboxylic acids is 1. The van der Waals surface area contributed by atoms with Crippen molar-refractivity contribution in [3.63, 3.8) is 0 Å². The largest absolute Gasteiger partial charge is 0.365 e. The van der Waals surface area contributed by atoms with Crippen molar-refractivity contribution in [2.75, 3.05) is 0 Å². The smallest absolute Gasteiger partial charge is 0.275 e. The van der Waals surface area contributed by atoms with Gasteiger partial charge in [0, 0.05) is 5.56 Å². The Balaban J connectivity index is 2.24. The maximum atomic E-state index is 11.4. The third-order valence-electron chi connectivity index (χ3n) is 3.66. The highest BCUT2D eigenvalue weighted by Crippen LogP contribution is 2.23. The summed E-state index contributed by atoms with van der Waals surface area (Å²) in [5.41, 5.74) is 7.98. The molecule has 112 valence electrons. The number of benzene rings is 1. The Bertz CT molecular complexity index is 563. The average molecular weight is 303 g/mol. The Hall–Kier alpha value is -1.65. The van der Waals surface area contributed by atoms with E-state index in [9.17, 15) is 4.79 Å². The summed E-state index contributed by atoms with van der Waals surface area (Å²) in [4.78, 5) is 12.6. The number of amides is 1. The van der Waals surface area contributed by atoms with E-state index in [1.165, 1.54) is 16.0 Å². The minimum absolute atomic E-state index is 0.128. The number of rotatable bonds is 7. The van der Waals surface area contributed by atoms with E-state index in [0.29, 0.717) is 0 Å². The highest BCUT2D eigenvalue weighted by atomic mass is 32.1. The molecule has 1 amide bonds. The van der Waals surface area contributed by atoms with Crippen LogP contribution >= 0.6 is 11.3 Å². The molecule has 2 aromatic rings. The van der Waals surface area contributed by atoms with Gasteiger partial charge in [0.25, 0.3) is 5.91 Å². The van der Waals surface area contributed by atoms with E-state index in [0.717, 1.165) is 12.8 Å². The summed E-state index contributed by atoms with van der Waals surface area (Å²) < 4.78 is 0. The van der Waals surface area contributed by atoms with E-state index in [1.54, 1.807) is 11.3 Å². The number of quaternary nitrogens is 1. The molecule has 0 aliphatic heterocycles. The molecular formula is C17H23N2OS+. The van der Waals surface area contributed by atoms with E-state index in [-0.39, 0.29) is 18.0 Å². The maximum absolute atomic E-state index is 11.4. The summed E-state index contributed by atoms with van der Waals surface area (Å²) in [6.07, 6.45) is 2.25. The lowest BCUT2D eigenvalue weighted by Crippen LogP contribution is -2.92. The van der Waals surface area contributed by atoms with E-state index < -0.39 is 0 Å². The van der Waals surface area contributed by atoms with Gasteiger partial charge in [-0.2, -0.15) is 0 Å². The Morgan fingerprint density at radius 1 is 1.29 bits per heavy atom. The summed E-state index contributed by atoms with van der Waals surface area (Å²) in [6, 6.07) is 12.7. The predicted molar refractivity (Wildman–Crippen MR) is 87.2 cm³/mol. The second-order valence-electron chi connectivity index (χ2n) is 5.37. The van der Waals surface area contributed by atoms with Gasteiger partial charge >= 0.3 is 0 Å². The monoisotopic (exact) mass is 303 g/mol. The normalized spacial score (nSPS) is 13.8. The van der Waals surface area contributed by atoms with Gasteiger partial charge in [0.2, 0.25) is 0 Å². The summed E-state index contributed by atoms with van der Waals surface area (Å²) in [5.74, 6) is -0.279. The molecule has 2 atom stereocenters. The molecule has 0 aliphatic rings. The Kier molecular flexibility index (Phi) is 5.53. The Morgan fingerprint density at radius 3 is 2.52 bits per heavy atom. The lowest BCUT2D eigenvalue weighted by atomic mass is 10.0. The van der Waals surface area contributed by atoms with E-state index in [4.69, 9.17) is 5.73 Å². The summed E-state index contributed by atoms with van der Waals surface area (Å²) >= 11 is 1.71. The van der Waals surface area contributed by atoms with Gasteiger partial charge < -0.3 is 11.1 Å². The van der Waals surface area contributed by atoms with Crippen LogP contribution in [0, 0.1) is 0 Å². The average Bonchev–Trinajstić information content (AvgIpc) is 2.99. The van der Waals surface area contributed by atoms with Crippen LogP contribution in [0.1, 0.15) is 42.3 Å². The summed E-state index contributed by atoms with van der Waals surface area (Å²) in [6.45, 7) is 4.04. The molecule has 0 saturated heterocycles. The first-order valence-corrected chi connectivity index (χ1v) is 8.26. The number of thiophene rings is 1. The fourth-order valence-electron chi connectivity index (χ4n) is 2.40. The number of nitrogens with two attached hydrogens (primary N) is 2. The third kappa shape index (κ3) is 4.16. The molecule has 0 spiro atoms. The van der Waals surface area contributed by atoms with Gasteiger partial charge in [-0.3, -0.25) is 4.79 Å². The number of carbonyl (C=O) groups is 1. The van der Waals surface area contributed by atoms with Crippen LogP contribution in [0.4, 0.5) is 0 Å². The zero-order valence-electron chi connectivity index (χ0n) is 12.6. The zero-order valence-corrected chi connectivity index (χ0v) is 13.4. The van der Waals surface area contributed by atoms with Crippen molar-refractivity contribution >= 4 is 17.2 Å². The Morgan fingerprint density at radius 2 is 2.00 bits per heavy atom. The van der Waals surface area contributed by atoms with Crippen molar-refractivity contribution in [2.24, 2.45) is 5.73 Å². The van der Waals surface area contributed by atoms with Crippen molar-refractivity contribution in [1.29, 1.82) is 0 Å². The standard InChI is InChI=1S/C17H22N2OS/c1-3-5-13-7-9-14(10-8-13)16(15-6-4-11-21-15)19-12(2)17(18)20/h4,6-12,16,19H,3,5H2,1-2H3,(H2,18,20)/p+1/t12-,16+/m0/s1. The van der Waals surface area contributed by atoms with E-state index in [1.807, 2.05) is 18.3 Å². The molecule has 0 fully saturated rings. The minimum Gasteiger partial charge on any atom is -0.365 e. The van der Waals surface area contributed by atoms with Gasteiger partial charge in [0.05, 0.1) is 4.88 Å². The third-order valence-corrected chi connectivity index (χ3v) is 4.61. The second-order valence-corrected chi connectivity index (χ2v) is 6.35. The van der Waals surface area contributed by atoms with Gasteiger partial charge in [-0.05, 0) is 30.4 Å². The molecule has 0 bridgehead atoms. The number of hydrogen-bond acceptors (Lipinski definition) is 2. The lowest BCUT2D eigenvalue weighted by molar-refractivity contribution is -0.704. The van der Waals surface area contributed by atoms with Gasteiger partial charge in [0.15, 0.2) is 6.04 Å². The first kappa shape index (κ1) is 15.7. The fourth-order valence-corrected chi connectivity index (χ4v) is 3.23. The van der Waals surface area contributed by atoms with Gasteiger partial charge in [-0.1, -0.05) is 43.7 Å². The minimum atomic E-state index is -0.279. The molecule has 0 saturated carbocycles. The lowest BCUT2D eigenvalue weighted by Gasteiger charge is -2.18. The topological polar surface area (TPSA) is 59.7 Å². The van der Waals surface area contributed by atoms with E-state index in [2.05, 4.69) is 42.6 Å². The van der Waals surface area contributed by atoms with Gasteiger partial charge in [-0.15, -0.1) is 11.3 Å². The molecule has 0 aliphatic carbocycles. The molecule has 0 unspecified atom stereocenters. The van der Waals surface area contributed by atoms with Crippen LogP contribution in [-0.4, -0.2) is 11.9 Å². The quantitative estimate of drug-likeness (QED) is 0.809. The first-order valence-electron chi connectivity index (χ1n) is 7.38. The fraction of sp³-hybridized carbons (Fsp3) is 0.353. The molecule has 1 aromatic carbocycles.